The van der Waals surface area contributed by atoms with Gasteiger partial charge in [0.25, 0.3) is 0 Å². The van der Waals surface area contributed by atoms with Crippen molar-refractivity contribution in [2.24, 2.45) is 11.1 Å². The number of sulfone groups is 1. The fourth-order valence-corrected chi connectivity index (χ4v) is 3.65. The third kappa shape index (κ3) is 2.95. The van der Waals surface area contributed by atoms with E-state index < -0.39 is 15.3 Å². The Morgan fingerprint density at radius 1 is 1.47 bits per heavy atom. The van der Waals surface area contributed by atoms with Gasteiger partial charge in [-0.05, 0) is 20.3 Å². The van der Waals surface area contributed by atoms with E-state index in [1.54, 1.807) is 20.9 Å². The first-order valence-corrected chi connectivity index (χ1v) is 7.58. The smallest absolute Gasteiger partial charge is 0.235 e. The molecule has 1 aliphatic rings. The van der Waals surface area contributed by atoms with E-state index in [0.717, 1.165) is 0 Å². The summed E-state index contributed by atoms with van der Waals surface area (Å²) < 4.78 is 22.7. The van der Waals surface area contributed by atoms with Crippen molar-refractivity contribution < 1.29 is 13.2 Å². The minimum atomic E-state index is -3.00. The average molecular weight is 278 g/mol. The molecule has 1 fully saturated rings. The van der Waals surface area contributed by atoms with E-state index in [1.165, 1.54) is 4.90 Å². The van der Waals surface area contributed by atoms with Crippen LogP contribution >= 0.6 is 12.2 Å². The molecule has 1 amide bonds. The fourth-order valence-electron chi connectivity index (χ4n) is 1.79. The zero-order valence-corrected chi connectivity index (χ0v) is 11.9. The molecule has 1 unspecified atom stereocenters. The Hall–Kier alpha value is -0.690. The summed E-state index contributed by atoms with van der Waals surface area (Å²) in [5.41, 5.74) is 4.59. The molecule has 2 N–H and O–H groups in total. The molecule has 5 nitrogen and oxygen atoms in total. The monoisotopic (exact) mass is 278 g/mol. The van der Waals surface area contributed by atoms with E-state index in [4.69, 9.17) is 18.0 Å². The molecule has 0 radical (unpaired) electrons. The normalized spacial score (nSPS) is 23.4. The highest BCUT2D eigenvalue weighted by molar-refractivity contribution is 7.91. The first-order chi connectivity index (χ1) is 7.58. The van der Waals surface area contributed by atoms with Crippen molar-refractivity contribution in [3.63, 3.8) is 0 Å². The standard InChI is InChI=1S/C10H18N2O3S2/c1-10(2,8(11)16)9(13)12(3)7-4-5-17(14,15)6-7/h7H,4-6H2,1-3H3,(H2,11,16). The van der Waals surface area contributed by atoms with Crippen LogP contribution in [0.2, 0.25) is 0 Å². The van der Waals surface area contributed by atoms with Crippen molar-refractivity contribution in [1.82, 2.24) is 4.90 Å². The van der Waals surface area contributed by atoms with Crippen molar-refractivity contribution >= 4 is 33.0 Å². The van der Waals surface area contributed by atoms with Gasteiger partial charge in [0, 0.05) is 13.1 Å². The molecule has 7 heteroatoms. The lowest BCUT2D eigenvalue weighted by Crippen LogP contribution is -2.49. The molecule has 0 aromatic carbocycles. The molecular weight excluding hydrogens is 260 g/mol. The average Bonchev–Trinajstić information content (AvgIpc) is 2.56. The van der Waals surface area contributed by atoms with E-state index >= 15 is 0 Å². The lowest BCUT2D eigenvalue weighted by molar-refractivity contribution is -0.137. The molecule has 0 aliphatic carbocycles. The first kappa shape index (κ1) is 14.4. The number of thiocarbonyl (C=S) groups is 1. The molecule has 17 heavy (non-hydrogen) atoms. The Kier molecular flexibility index (Phi) is 3.83. The maximum atomic E-state index is 12.2. The molecule has 0 bridgehead atoms. The molecule has 0 spiro atoms. The molecule has 0 aromatic rings. The van der Waals surface area contributed by atoms with Crippen LogP contribution in [-0.4, -0.2) is 48.8 Å². The Bertz CT molecular complexity index is 442. The Balaban J connectivity index is 2.82. The summed E-state index contributed by atoms with van der Waals surface area (Å²) in [6.07, 6.45) is 0.484. The SMILES string of the molecule is CN(C(=O)C(C)(C)C(N)=S)C1CCS(=O)(=O)C1. The van der Waals surface area contributed by atoms with E-state index in [9.17, 15) is 13.2 Å². The molecule has 0 aromatic heterocycles. The van der Waals surface area contributed by atoms with Gasteiger partial charge >= 0.3 is 0 Å². The summed E-state index contributed by atoms with van der Waals surface area (Å²) in [7, 11) is -1.39. The molecule has 1 heterocycles. The minimum Gasteiger partial charge on any atom is -0.392 e. The number of hydrogen-bond acceptors (Lipinski definition) is 4. The number of hydrogen-bond donors (Lipinski definition) is 1. The molecule has 1 atom stereocenters. The molecule has 98 valence electrons. The van der Waals surface area contributed by atoms with Crippen LogP contribution in [0.15, 0.2) is 0 Å². The van der Waals surface area contributed by atoms with Crippen LogP contribution < -0.4 is 5.73 Å². The van der Waals surface area contributed by atoms with E-state index in [2.05, 4.69) is 0 Å². The van der Waals surface area contributed by atoms with Gasteiger partial charge in [0.1, 0.15) is 0 Å². The topological polar surface area (TPSA) is 80.5 Å². The Morgan fingerprint density at radius 3 is 2.35 bits per heavy atom. The Labute approximate surface area is 107 Å². The van der Waals surface area contributed by atoms with E-state index in [-0.39, 0.29) is 28.4 Å². The third-order valence-electron chi connectivity index (χ3n) is 3.23. The number of nitrogens with two attached hydrogens (primary N) is 1. The highest BCUT2D eigenvalue weighted by Gasteiger charge is 2.39. The van der Waals surface area contributed by atoms with Gasteiger partial charge in [0.2, 0.25) is 5.91 Å². The van der Waals surface area contributed by atoms with Crippen LogP contribution in [0, 0.1) is 5.41 Å². The number of rotatable bonds is 3. The molecule has 1 saturated heterocycles. The van der Waals surface area contributed by atoms with E-state index in [0.29, 0.717) is 6.42 Å². The summed E-state index contributed by atoms with van der Waals surface area (Å²) in [6, 6.07) is -0.263. The number of nitrogens with zero attached hydrogens (tertiary/aromatic N) is 1. The highest BCUT2D eigenvalue weighted by Crippen LogP contribution is 2.24. The van der Waals surface area contributed by atoms with Crippen molar-refractivity contribution in [2.45, 2.75) is 26.3 Å². The minimum absolute atomic E-state index is 0.0304. The third-order valence-corrected chi connectivity index (χ3v) is 5.49. The Morgan fingerprint density at radius 2 is 2.00 bits per heavy atom. The molecule has 1 rings (SSSR count). The molecular formula is C10H18N2O3S2. The van der Waals surface area contributed by atoms with Crippen molar-refractivity contribution in [1.29, 1.82) is 0 Å². The lowest BCUT2D eigenvalue weighted by atomic mass is 9.91. The van der Waals surface area contributed by atoms with Crippen molar-refractivity contribution in [3.05, 3.63) is 0 Å². The van der Waals surface area contributed by atoms with Crippen LogP contribution in [0.3, 0.4) is 0 Å². The van der Waals surface area contributed by atoms with Crippen LogP contribution in [0.4, 0.5) is 0 Å². The van der Waals surface area contributed by atoms with Gasteiger partial charge in [-0.2, -0.15) is 0 Å². The predicted octanol–water partition coefficient (Wildman–Crippen LogP) is -0.0558. The first-order valence-electron chi connectivity index (χ1n) is 5.35. The summed E-state index contributed by atoms with van der Waals surface area (Å²) in [4.78, 5) is 13.8. The summed E-state index contributed by atoms with van der Waals surface area (Å²) in [5.74, 6) is -0.0575. The van der Waals surface area contributed by atoms with Gasteiger partial charge in [-0.25, -0.2) is 8.42 Å². The van der Waals surface area contributed by atoms with Crippen LogP contribution in [0.5, 0.6) is 0 Å². The van der Waals surface area contributed by atoms with Crippen LogP contribution in [0.25, 0.3) is 0 Å². The second-order valence-electron chi connectivity index (χ2n) is 4.96. The maximum absolute atomic E-state index is 12.2. The zero-order valence-electron chi connectivity index (χ0n) is 10.3. The summed E-state index contributed by atoms with van der Waals surface area (Å²) in [6.45, 7) is 3.30. The van der Waals surface area contributed by atoms with Crippen LogP contribution in [0.1, 0.15) is 20.3 Å². The highest BCUT2D eigenvalue weighted by atomic mass is 32.2. The predicted molar refractivity (Wildman–Crippen MR) is 70.4 cm³/mol. The van der Waals surface area contributed by atoms with Crippen LogP contribution in [-0.2, 0) is 14.6 Å². The van der Waals surface area contributed by atoms with Gasteiger partial charge in [0.05, 0.1) is 21.9 Å². The second kappa shape index (κ2) is 4.53. The second-order valence-corrected chi connectivity index (χ2v) is 7.63. The van der Waals surface area contributed by atoms with E-state index in [1.807, 2.05) is 0 Å². The largest absolute Gasteiger partial charge is 0.392 e. The van der Waals surface area contributed by atoms with Gasteiger partial charge in [-0.3, -0.25) is 4.79 Å². The number of amides is 1. The number of carbonyl (C=O) groups excluding carboxylic acids is 1. The van der Waals surface area contributed by atoms with Gasteiger partial charge in [0.15, 0.2) is 9.84 Å². The quantitative estimate of drug-likeness (QED) is 0.732. The zero-order chi connectivity index (χ0) is 13.4. The van der Waals surface area contributed by atoms with Crippen molar-refractivity contribution in [3.8, 4) is 0 Å². The molecule has 1 aliphatic heterocycles. The fraction of sp³-hybridized carbons (Fsp3) is 0.800. The molecule has 0 saturated carbocycles. The van der Waals surface area contributed by atoms with Crippen molar-refractivity contribution in [2.75, 3.05) is 18.6 Å². The number of carbonyl (C=O) groups is 1. The lowest BCUT2D eigenvalue weighted by Gasteiger charge is -2.31. The van der Waals surface area contributed by atoms with Gasteiger partial charge in [-0.1, -0.05) is 12.2 Å². The summed E-state index contributed by atoms with van der Waals surface area (Å²) >= 11 is 4.86. The maximum Gasteiger partial charge on any atom is 0.235 e. The van der Waals surface area contributed by atoms with Gasteiger partial charge in [-0.15, -0.1) is 0 Å². The van der Waals surface area contributed by atoms with Gasteiger partial charge < -0.3 is 10.6 Å². The summed E-state index contributed by atoms with van der Waals surface area (Å²) in [5, 5.41) is 0.